The van der Waals surface area contributed by atoms with Crippen molar-refractivity contribution < 1.29 is 22.3 Å². The molecule has 0 aromatic heterocycles. The van der Waals surface area contributed by atoms with Crippen molar-refractivity contribution in [3.8, 4) is 5.75 Å². The van der Waals surface area contributed by atoms with Gasteiger partial charge in [-0.25, -0.2) is 12.8 Å². The topological polar surface area (TPSA) is 75.7 Å². The Labute approximate surface area is 175 Å². The van der Waals surface area contributed by atoms with E-state index in [9.17, 15) is 17.6 Å². The van der Waals surface area contributed by atoms with E-state index < -0.39 is 27.8 Å². The van der Waals surface area contributed by atoms with Crippen LogP contribution in [0.1, 0.15) is 6.92 Å². The first-order valence-corrected chi connectivity index (χ1v) is 11.3. The molecule has 0 spiro atoms. The minimum Gasteiger partial charge on any atom is -0.491 e. The number of hydrogen-bond donors (Lipinski definition) is 1. The average Bonchev–Trinajstić information content (AvgIpc) is 2.71. The number of nitrogens with zero attached hydrogens (tertiary/aromatic N) is 1. The van der Waals surface area contributed by atoms with Crippen molar-refractivity contribution in [1.29, 1.82) is 0 Å². The Hall–Kier alpha value is -3.13. The number of fused-ring (bicyclic) bond motifs is 1. The summed E-state index contributed by atoms with van der Waals surface area (Å²) in [4.78, 5) is 12.5. The molecule has 0 saturated carbocycles. The van der Waals surface area contributed by atoms with Crippen molar-refractivity contribution in [3.63, 3.8) is 0 Å². The quantitative estimate of drug-likeness (QED) is 0.556. The highest BCUT2D eigenvalue weighted by Gasteiger charge is 2.30. The molecule has 0 aliphatic rings. The van der Waals surface area contributed by atoms with E-state index in [-0.39, 0.29) is 18.8 Å². The highest BCUT2D eigenvalue weighted by molar-refractivity contribution is 7.92. The third-order valence-electron chi connectivity index (χ3n) is 4.59. The lowest BCUT2D eigenvalue weighted by molar-refractivity contribution is -0.121. The predicted octanol–water partition coefficient (Wildman–Crippen LogP) is 3.33. The second-order valence-corrected chi connectivity index (χ2v) is 8.66. The van der Waals surface area contributed by atoms with Gasteiger partial charge >= 0.3 is 0 Å². The fourth-order valence-electron chi connectivity index (χ4n) is 3.22. The maximum absolute atomic E-state index is 14.2. The number of benzene rings is 3. The van der Waals surface area contributed by atoms with E-state index in [1.54, 1.807) is 0 Å². The summed E-state index contributed by atoms with van der Waals surface area (Å²) in [6.07, 6.45) is 0.937. The highest BCUT2D eigenvalue weighted by atomic mass is 32.2. The second-order valence-electron chi connectivity index (χ2n) is 6.80. The molecule has 0 unspecified atom stereocenters. The number of anilines is 1. The van der Waals surface area contributed by atoms with Crippen molar-refractivity contribution >= 4 is 32.4 Å². The number of ether oxygens (including phenoxy) is 1. The molecular weight excluding hydrogens is 407 g/mol. The summed E-state index contributed by atoms with van der Waals surface area (Å²) >= 11 is 0. The monoisotopic (exact) mass is 430 g/mol. The van der Waals surface area contributed by atoms with Crippen LogP contribution >= 0.6 is 0 Å². The lowest BCUT2D eigenvalue weighted by Crippen LogP contribution is -2.48. The van der Waals surface area contributed by atoms with Crippen molar-refractivity contribution in [2.24, 2.45) is 0 Å². The van der Waals surface area contributed by atoms with Gasteiger partial charge in [0.1, 0.15) is 24.2 Å². The second kappa shape index (κ2) is 9.13. The maximum Gasteiger partial charge on any atom is 0.243 e. The number of sulfonamides is 1. The largest absolute Gasteiger partial charge is 0.491 e. The molecule has 0 aliphatic carbocycles. The number of nitrogens with one attached hydrogen (secondary N) is 1. The van der Waals surface area contributed by atoms with Gasteiger partial charge in [0.25, 0.3) is 0 Å². The zero-order valence-electron chi connectivity index (χ0n) is 16.7. The molecule has 3 rings (SSSR count). The van der Waals surface area contributed by atoms with Crippen LogP contribution in [-0.2, 0) is 14.8 Å². The van der Waals surface area contributed by atoms with E-state index >= 15 is 0 Å². The van der Waals surface area contributed by atoms with Crippen molar-refractivity contribution in [2.75, 3.05) is 23.7 Å². The van der Waals surface area contributed by atoms with E-state index in [4.69, 9.17) is 4.74 Å². The number of halogens is 1. The normalized spacial score (nSPS) is 12.4. The number of carbonyl (C=O) groups excluding carboxylic acids is 1. The van der Waals surface area contributed by atoms with E-state index in [2.05, 4.69) is 5.32 Å². The Morgan fingerprint density at radius 3 is 2.47 bits per heavy atom. The standard InChI is InChI=1S/C22H23FN2O4S/c1-16(25(30(2,27)28)20-12-6-5-11-19(20)23)22(26)24-14-15-29-21-13-7-9-17-8-3-4-10-18(17)21/h3-13,16H,14-15H2,1-2H3,(H,24,26)/t16-/m0/s1. The Morgan fingerprint density at radius 2 is 1.73 bits per heavy atom. The highest BCUT2D eigenvalue weighted by Crippen LogP contribution is 2.25. The number of carbonyl (C=O) groups is 1. The summed E-state index contributed by atoms with van der Waals surface area (Å²) in [5, 5.41) is 4.65. The van der Waals surface area contributed by atoms with Crippen molar-refractivity contribution in [3.05, 3.63) is 72.5 Å². The predicted molar refractivity (Wildman–Crippen MR) is 116 cm³/mol. The minimum atomic E-state index is -3.88. The first kappa shape index (κ1) is 21.6. The van der Waals surface area contributed by atoms with Crippen molar-refractivity contribution in [1.82, 2.24) is 5.32 Å². The molecular formula is C22H23FN2O4S. The van der Waals surface area contributed by atoms with Crippen LogP contribution < -0.4 is 14.4 Å². The molecule has 8 heteroatoms. The van der Waals surface area contributed by atoms with E-state index in [0.717, 1.165) is 27.4 Å². The number of hydrogen-bond acceptors (Lipinski definition) is 4. The molecule has 0 aliphatic heterocycles. The van der Waals surface area contributed by atoms with Gasteiger partial charge in [0.15, 0.2) is 0 Å². The summed E-state index contributed by atoms with van der Waals surface area (Å²) in [5.74, 6) is -0.577. The molecule has 1 atom stereocenters. The molecule has 3 aromatic rings. The van der Waals surface area contributed by atoms with Gasteiger partial charge in [-0.1, -0.05) is 48.5 Å². The Balaban J connectivity index is 1.64. The van der Waals surface area contributed by atoms with Gasteiger partial charge < -0.3 is 10.1 Å². The Bertz CT molecular complexity index is 1150. The third-order valence-corrected chi connectivity index (χ3v) is 5.81. The Kier molecular flexibility index (Phi) is 6.56. The van der Waals surface area contributed by atoms with Gasteiger partial charge in [-0.3, -0.25) is 9.10 Å². The SMILES string of the molecule is C[C@@H](C(=O)NCCOc1cccc2ccccc12)N(c1ccccc1F)S(C)(=O)=O. The van der Waals surface area contributed by atoms with Crippen LogP contribution in [0.4, 0.5) is 10.1 Å². The van der Waals surface area contributed by atoms with E-state index in [0.29, 0.717) is 5.75 Å². The summed E-state index contributed by atoms with van der Waals surface area (Å²) in [6, 6.07) is 17.8. The molecule has 0 bridgehead atoms. The lowest BCUT2D eigenvalue weighted by atomic mass is 10.1. The van der Waals surface area contributed by atoms with Gasteiger partial charge in [0.05, 0.1) is 18.5 Å². The summed E-state index contributed by atoms with van der Waals surface area (Å²) in [5.41, 5.74) is -0.172. The number of rotatable bonds is 8. The first-order chi connectivity index (χ1) is 14.3. The molecule has 0 fully saturated rings. The van der Waals surface area contributed by atoms with Crippen LogP contribution in [0, 0.1) is 5.82 Å². The third kappa shape index (κ3) is 4.88. The zero-order chi connectivity index (χ0) is 21.7. The lowest BCUT2D eigenvalue weighted by Gasteiger charge is -2.28. The van der Waals surface area contributed by atoms with Crippen LogP contribution in [0.15, 0.2) is 66.7 Å². The molecule has 0 radical (unpaired) electrons. The first-order valence-electron chi connectivity index (χ1n) is 9.41. The smallest absolute Gasteiger partial charge is 0.243 e. The Morgan fingerprint density at radius 1 is 1.07 bits per heavy atom. The van der Waals surface area contributed by atoms with Crippen LogP contribution in [0.2, 0.25) is 0 Å². The molecule has 1 N–H and O–H groups in total. The maximum atomic E-state index is 14.2. The van der Waals surface area contributed by atoms with E-state index in [1.807, 2.05) is 42.5 Å². The molecule has 0 heterocycles. The summed E-state index contributed by atoms with van der Waals surface area (Å²) in [7, 11) is -3.88. The average molecular weight is 431 g/mol. The van der Waals surface area contributed by atoms with E-state index in [1.165, 1.54) is 25.1 Å². The van der Waals surface area contributed by atoms with Crippen LogP contribution in [0.5, 0.6) is 5.75 Å². The molecule has 30 heavy (non-hydrogen) atoms. The van der Waals surface area contributed by atoms with Crippen LogP contribution in [0.25, 0.3) is 10.8 Å². The van der Waals surface area contributed by atoms with Crippen molar-refractivity contribution in [2.45, 2.75) is 13.0 Å². The molecule has 6 nitrogen and oxygen atoms in total. The summed E-state index contributed by atoms with van der Waals surface area (Å²) in [6.45, 7) is 1.78. The van der Waals surface area contributed by atoms with Gasteiger partial charge in [0, 0.05) is 5.39 Å². The fourth-order valence-corrected chi connectivity index (χ4v) is 4.39. The number of amides is 1. The fraction of sp³-hybridized carbons (Fsp3) is 0.227. The van der Waals surface area contributed by atoms with Gasteiger partial charge in [0.2, 0.25) is 15.9 Å². The van der Waals surface area contributed by atoms with Crippen LogP contribution in [0.3, 0.4) is 0 Å². The van der Waals surface area contributed by atoms with Gasteiger partial charge in [-0.2, -0.15) is 0 Å². The van der Waals surface area contributed by atoms with Gasteiger partial charge in [-0.05, 0) is 30.5 Å². The molecule has 3 aromatic carbocycles. The molecule has 158 valence electrons. The van der Waals surface area contributed by atoms with Crippen LogP contribution in [-0.4, -0.2) is 39.8 Å². The molecule has 1 amide bonds. The number of para-hydroxylation sites is 1. The zero-order valence-corrected chi connectivity index (χ0v) is 17.5. The molecule has 0 saturated heterocycles. The summed E-state index contributed by atoms with van der Waals surface area (Å²) < 4.78 is 45.2. The minimum absolute atomic E-state index is 0.168. The van der Waals surface area contributed by atoms with Gasteiger partial charge in [-0.15, -0.1) is 0 Å².